The van der Waals surface area contributed by atoms with Crippen LogP contribution < -0.4 is 9.62 Å². The summed E-state index contributed by atoms with van der Waals surface area (Å²) in [6.07, 6.45) is -1.94. The Morgan fingerprint density at radius 3 is 2.60 bits per heavy atom. The number of aryl methyl sites for hydroxylation is 1. The first-order chi connectivity index (χ1) is 18.8. The molecule has 2 atom stereocenters. The Labute approximate surface area is 237 Å². The summed E-state index contributed by atoms with van der Waals surface area (Å²) in [5.74, 6) is -3.45. The van der Waals surface area contributed by atoms with Gasteiger partial charge in [0.1, 0.15) is 10.7 Å². The van der Waals surface area contributed by atoms with Gasteiger partial charge in [0, 0.05) is 43.7 Å². The largest absolute Gasteiger partial charge is 0.490 e. The molecular formula is C25H25ClF4N4O4S2. The number of aliphatic carboxylic acids is 1. The third-order valence-electron chi connectivity index (χ3n) is 6.87. The summed E-state index contributed by atoms with van der Waals surface area (Å²) in [6.45, 7) is 1.80. The lowest BCUT2D eigenvalue weighted by atomic mass is 10.1. The van der Waals surface area contributed by atoms with Gasteiger partial charge in [0.15, 0.2) is 5.82 Å². The van der Waals surface area contributed by atoms with E-state index in [4.69, 9.17) is 21.5 Å². The summed E-state index contributed by atoms with van der Waals surface area (Å²) < 4.78 is 74.2. The summed E-state index contributed by atoms with van der Waals surface area (Å²) in [5, 5.41) is 8.86. The molecule has 1 aromatic heterocycles. The molecule has 40 heavy (non-hydrogen) atoms. The normalized spacial score (nSPS) is 19.1. The van der Waals surface area contributed by atoms with Gasteiger partial charge in [-0.2, -0.15) is 13.2 Å². The molecule has 0 radical (unpaired) electrons. The number of aromatic nitrogens is 1. The number of likely N-dealkylation sites (N-methyl/N-ethyl adjacent to an activating group) is 1. The highest BCUT2D eigenvalue weighted by molar-refractivity contribution is 7.92. The maximum Gasteiger partial charge on any atom is 0.490 e. The molecule has 0 amide bonds. The van der Waals surface area contributed by atoms with Crippen LogP contribution in [0.2, 0.25) is 5.02 Å². The molecule has 5 rings (SSSR count). The number of thiazole rings is 1. The number of nitrogens with zero attached hydrogens (tertiary/aromatic N) is 3. The van der Waals surface area contributed by atoms with Gasteiger partial charge < -0.3 is 10.0 Å². The first-order valence-corrected chi connectivity index (χ1v) is 14.8. The Morgan fingerprint density at radius 2 is 1.95 bits per heavy atom. The number of sulfonamides is 1. The Hall–Kier alpha value is -2.94. The van der Waals surface area contributed by atoms with Crippen LogP contribution >= 0.6 is 22.9 Å². The van der Waals surface area contributed by atoms with Crippen molar-refractivity contribution >= 4 is 50.4 Å². The van der Waals surface area contributed by atoms with Crippen LogP contribution in [0, 0.1) is 5.82 Å². The van der Waals surface area contributed by atoms with Crippen LogP contribution in [0.25, 0.3) is 0 Å². The molecule has 1 fully saturated rings. The number of carbonyl (C=O) groups is 1. The zero-order chi connectivity index (χ0) is 29.2. The third kappa shape index (κ3) is 6.67. The first kappa shape index (κ1) is 30.0. The van der Waals surface area contributed by atoms with Crippen LogP contribution in [0.4, 0.5) is 29.1 Å². The van der Waals surface area contributed by atoms with Crippen molar-refractivity contribution in [2.45, 2.75) is 42.4 Å². The first-order valence-electron chi connectivity index (χ1n) is 12.0. The summed E-state index contributed by atoms with van der Waals surface area (Å²) in [7, 11) is -2.25. The number of likely N-dealkylation sites (tertiary alicyclic amines) is 1. The monoisotopic (exact) mass is 620 g/mol. The minimum absolute atomic E-state index is 0.149. The fourth-order valence-electron chi connectivity index (χ4n) is 4.93. The molecule has 15 heteroatoms. The SMILES string of the molecule is CN(c1cc(F)c(S(=O)(=O)Nc2cscn2)cc1Cl)C1CCN([C@@H]2CCc3ccccc32)C1.O=C(O)C(F)(F)F. The van der Waals surface area contributed by atoms with Crippen LogP contribution in [-0.4, -0.2) is 61.7 Å². The molecule has 2 N–H and O–H groups in total. The standard InChI is InChI=1S/C23H24ClFN4O2S2.C2HF3O2/c1-28(16-8-9-29(12-16)20-7-6-15-4-2-3-5-17(15)20)21-11-19(25)22(10-18(21)24)33(30,31)27-23-13-32-14-26-23;3-2(4,5)1(6)7/h2-5,10-11,13-14,16,20,27H,6-9,12H2,1H3;(H,6,7)/t16?,20-;/m1./s1. The van der Waals surface area contributed by atoms with Crippen molar-refractivity contribution in [3.63, 3.8) is 0 Å². The molecule has 1 aliphatic heterocycles. The molecule has 216 valence electrons. The molecule has 1 unspecified atom stereocenters. The van der Waals surface area contributed by atoms with Crippen molar-refractivity contribution in [1.82, 2.24) is 9.88 Å². The lowest BCUT2D eigenvalue weighted by Gasteiger charge is -2.30. The predicted molar refractivity (Wildman–Crippen MR) is 144 cm³/mol. The maximum atomic E-state index is 15.0. The Bertz CT molecular complexity index is 1470. The zero-order valence-electron chi connectivity index (χ0n) is 21.0. The quantitative estimate of drug-likeness (QED) is 0.348. The molecule has 8 nitrogen and oxygen atoms in total. The predicted octanol–water partition coefficient (Wildman–Crippen LogP) is 5.57. The van der Waals surface area contributed by atoms with Crippen LogP contribution in [0.1, 0.15) is 30.0 Å². The van der Waals surface area contributed by atoms with Gasteiger partial charge in [0.2, 0.25) is 0 Å². The second-order valence-corrected chi connectivity index (χ2v) is 12.1. The van der Waals surface area contributed by atoms with Gasteiger partial charge in [0.25, 0.3) is 10.0 Å². The van der Waals surface area contributed by atoms with E-state index in [1.165, 1.54) is 45.5 Å². The number of nitrogens with one attached hydrogen (secondary N) is 1. The van der Waals surface area contributed by atoms with E-state index in [0.717, 1.165) is 32.4 Å². The number of anilines is 2. The molecule has 2 heterocycles. The van der Waals surface area contributed by atoms with E-state index < -0.39 is 32.9 Å². The van der Waals surface area contributed by atoms with Gasteiger partial charge in [-0.05, 0) is 36.5 Å². The van der Waals surface area contributed by atoms with Gasteiger partial charge in [0.05, 0.1) is 16.2 Å². The summed E-state index contributed by atoms with van der Waals surface area (Å²) >= 11 is 7.71. The van der Waals surface area contributed by atoms with Gasteiger partial charge in [-0.1, -0.05) is 35.9 Å². The number of carboxylic acids is 1. The summed E-state index contributed by atoms with van der Waals surface area (Å²) in [6, 6.07) is 11.6. The highest BCUT2D eigenvalue weighted by atomic mass is 35.5. The van der Waals surface area contributed by atoms with Crippen molar-refractivity contribution in [3.8, 4) is 0 Å². The van der Waals surface area contributed by atoms with Crippen molar-refractivity contribution < 1.29 is 35.9 Å². The van der Waals surface area contributed by atoms with E-state index in [2.05, 4.69) is 38.9 Å². The number of carboxylic acid groups (broad SMARTS) is 1. The van der Waals surface area contributed by atoms with Crippen molar-refractivity contribution in [2.75, 3.05) is 29.8 Å². The zero-order valence-corrected chi connectivity index (χ0v) is 23.4. The number of rotatable bonds is 6. The van der Waals surface area contributed by atoms with Crippen LogP contribution in [0.3, 0.4) is 0 Å². The van der Waals surface area contributed by atoms with Crippen molar-refractivity contribution in [1.29, 1.82) is 0 Å². The van der Waals surface area contributed by atoms with E-state index in [-0.39, 0.29) is 16.9 Å². The van der Waals surface area contributed by atoms with E-state index >= 15 is 0 Å². The molecule has 1 saturated heterocycles. The van der Waals surface area contributed by atoms with Gasteiger partial charge >= 0.3 is 12.1 Å². The number of hydrogen-bond acceptors (Lipinski definition) is 7. The minimum atomic E-state index is -5.08. The maximum absolute atomic E-state index is 15.0. The molecule has 2 aliphatic rings. The third-order valence-corrected chi connectivity index (χ3v) is 9.13. The fraction of sp³-hybridized carbons (Fsp3) is 0.360. The summed E-state index contributed by atoms with van der Waals surface area (Å²) in [5.41, 5.74) is 4.81. The molecule has 1 aliphatic carbocycles. The lowest BCUT2D eigenvalue weighted by molar-refractivity contribution is -0.192. The lowest BCUT2D eigenvalue weighted by Crippen LogP contribution is -2.35. The van der Waals surface area contributed by atoms with E-state index in [1.54, 1.807) is 0 Å². The topological polar surface area (TPSA) is 103 Å². The van der Waals surface area contributed by atoms with Gasteiger partial charge in [-0.15, -0.1) is 11.3 Å². The Morgan fingerprint density at radius 1 is 1.25 bits per heavy atom. The molecular weight excluding hydrogens is 596 g/mol. The van der Waals surface area contributed by atoms with Crippen LogP contribution in [0.5, 0.6) is 0 Å². The molecule has 3 aromatic rings. The Balaban J connectivity index is 0.000000470. The number of fused-ring (bicyclic) bond motifs is 1. The highest BCUT2D eigenvalue weighted by Crippen LogP contribution is 2.39. The van der Waals surface area contributed by atoms with E-state index in [1.807, 2.05) is 11.9 Å². The highest BCUT2D eigenvalue weighted by Gasteiger charge is 2.38. The number of halogens is 5. The van der Waals surface area contributed by atoms with E-state index in [0.29, 0.717) is 11.7 Å². The van der Waals surface area contributed by atoms with Crippen LogP contribution in [0.15, 0.2) is 52.2 Å². The second-order valence-electron chi connectivity index (χ2n) is 9.32. The van der Waals surface area contributed by atoms with Crippen molar-refractivity contribution in [3.05, 3.63) is 69.3 Å². The summed E-state index contributed by atoms with van der Waals surface area (Å²) in [4.78, 5) is 16.8. The average molecular weight is 621 g/mol. The molecule has 0 bridgehead atoms. The average Bonchev–Trinajstić information content (AvgIpc) is 3.65. The molecule has 2 aromatic carbocycles. The number of hydrogen-bond donors (Lipinski definition) is 2. The van der Waals surface area contributed by atoms with Gasteiger partial charge in [-0.3, -0.25) is 9.62 Å². The van der Waals surface area contributed by atoms with Gasteiger partial charge in [-0.25, -0.2) is 22.6 Å². The number of alkyl halides is 3. The molecule has 0 saturated carbocycles. The Kier molecular flexibility index (Phi) is 8.93. The van der Waals surface area contributed by atoms with Crippen molar-refractivity contribution in [2.24, 2.45) is 0 Å². The number of benzene rings is 2. The minimum Gasteiger partial charge on any atom is -0.475 e. The molecule has 0 spiro atoms. The fourth-order valence-corrected chi connectivity index (χ4v) is 6.93. The van der Waals surface area contributed by atoms with E-state index in [9.17, 15) is 26.0 Å². The van der Waals surface area contributed by atoms with Crippen LogP contribution in [-0.2, 0) is 21.2 Å². The second kappa shape index (κ2) is 11.9. The smallest absolute Gasteiger partial charge is 0.475 e.